The molecule has 4 aliphatic heterocycles. The Bertz CT molecular complexity index is 2330. The van der Waals surface area contributed by atoms with E-state index in [0.29, 0.717) is 36.6 Å². The van der Waals surface area contributed by atoms with Crippen LogP contribution in [-0.4, -0.2) is 123 Å². The van der Waals surface area contributed by atoms with Crippen LogP contribution in [0.3, 0.4) is 0 Å². The molecule has 302 valence electrons. The van der Waals surface area contributed by atoms with E-state index in [1.807, 2.05) is 17.0 Å². The van der Waals surface area contributed by atoms with Gasteiger partial charge in [-0.2, -0.15) is 0 Å². The van der Waals surface area contributed by atoms with Gasteiger partial charge in [-0.3, -0.25) is 39.1 Å². The summed E-state index contributed by atoms with van der Waals surface area (Å²) in [6.45, 7) is 1.20. The number of likely N-dealkylation sites (tertiary alicyclic amines) is 1. The summed E-state index contributed by atoms with van der Waals surface area (Å²) in [6, 6.07) is 6.83. The van der Waals surface area contributed by atoms with Crippen molar-refractivity contribution < 1.29 is 46.6 Å². The third kappa shape index (κ3) is 7.33. The topological polar surface area (TPSA) is 215 Å². The Balaban J connectivity index is 0.972. The minimum absolute atomic E-state index is 0.00815. The van der Waals surface area contributed by atoms with Crippen molar-refractivity contribution in [3.05, 3.63) is 74.7 Å². The number of sulfonamides is 1. The molecule has 6 amide bonds. The number of nitrogens with zero attached hydrogens (tertiary/aromatic N) is 4. The molecule has 0 spiro atoms. The molecular weight excluding hydrogens is 763 g/mol. The Kier molecular flexibility index (Phi) is 10.8. The van der Waals surface area contributed by atoms with Crippen molar-refractivity contribution in [3.63, 3.8) is 0 Å². The van der Waals surface area contributed by atoms with Crippen LogP contribution in [0.15, 0.2) is 41.3 Å². The van der Waals surface area contributed by atoms with Crippen molar-refractivity contribution in [2.24, 2.45) is 7.05 Å². The third-order valence-corrected chi connectivity index (χ3v) is 12.6. The van der Waals surface area contributed by atoms with Crippen LogP contribution >= 0.6 is 0 Å². The second-order valence-corrected chi connectivity index (χ2v) is 16.3. The predicted octanol–water partition coefficient (Wildman–Crippen LogP) is 0.351. The molecule has 0 radical (unpaired) electrons. The SMILES string of the molecule is CNC(=O)N1CCc2c(-c3cc(OC)c(CN4CC(S(=O)(=O)NCCOc5cccc6c5C(=O)N(C5CCC(=O)NC5=O)C6=O)C4)c(OC)c3)cn(C)c(=O)c2C1. The maximum absolute atomic E-state index is 13.3. The van der Waals surface area contributed by atoms with Gasteiger partial charge in [-0.05, 0) is 48.2 Å². The number of rotatable bonds is 12. The number of aryl methyl sites for hydroxylation is 1. The average molecular weight is 806 g/mol. The van der Waals surface area contributed by atoms with Crippen LogP contribution < -0.4 is 35.1 Å². The number of imide groups is 2. The summed E-state index contributed by atoms with van der Waals surface area (Å²) in [5.41, 5.74) is 3.59. The van der Waals surface area contributed by atoms with Gasteiger partial charge in [0.15, 0.2) is 0 Å². The van der Waals surface area contributed by atoms with Crippen molar-refractivity contribution in [1.82, 2.24) is 34.6 Å². The fourth-order valence-corrected chi connectivity index (χ4v) is 9.23. The van der Waals surface area contributed by atoms with E-state index in [9.17, 15) is 37.2 Å². The minimum atomic E-state index is -3.76. The zero-order valence-electron chi connectivity index (χ0n) is 31.9. The number of amides is 6. The molecule has 0 aliphatic carbocycles. The number of carbonyl (C=O) groups excluding carboxylic acids is 5. The van der Waals surface area contributed by atoms with Crippen molar-refractivity contribution >= 4 is 39.7 Å². The number of methoxy groups -OCH3 is 2. The molecule has 1 unspecified atom stereocenters. The van der Waals surface area contributed by atoms with E-state index in [1.54, 1.807) is 39.4 Å². The maximum atomic E-state index is 13.3. The minimum Gasteiger partial charge on any atom is -0.496 e. The summed E-state index contributed by atoms with van der Waals surface area (Å²) in [5, 5.41) is 4.07. The maximum Gasteiger partial charge on any atom is 0.317 e. The molecular formula is C38H43N7O11S. The van der Waals surface area contributed by atoms with Gasteiger partial charge in [0.2, 0.25) is 21.8 Å². The summed E-state index contributed by atoms with van der Waals surface area (Å²) < 4.78 is 47.9. The van der Waals surface area contributed by atoms with E-state index < -0.39 is 44.9 Å². The van der Waals surface area contributed by atoms with Crippen LogP contribution in [0.5, 0.6) is 17.2 Å². The van der Waals surface area contributed by atoms with Gasteiger partial charge in [0, 0.05) is 70.6 Å². The predicted molar refractivity (Wildman–Crippen MR) is 203 cm³/mol. The fraction of sp³-hybridized carbons (Fsp3) is 0.421. The molecule has 18 nitrogen and oxygen atoms in total. The Hall–Kier alpha value is -5.79. The van der Waals surface area contributed by atoms with E-state index in [2.05, 4.69) is 15.4 Å². The summed E-state index contributed by atoms with van der Waals surface area (Å²) in [7, 11) is 2.55. The molecule has 57 heavy (non-hydrogen) atoms. The van der Waals surface area contributed by atoms with Gasteiger partial charge in [-0.25, -0.2) is 17.9 Å². The first-order valence-electron chi connectivity index (χ1n) is 18.4. The summed E-state index contributed by atoms with van der Waals surface area (Å²) in [5.74, 6) is -1.45. The quantitative estimate of drug-likeness (QED) is 0.167. The lowest BCUT2D eigenvalue weighted by molar-refractivity contribution is -0.136. The number of urea groups is 1. The molecule has 1 aromatic heterocycles. The van der Waals surface area contributed by atoms with Crippen molar-refractivity contribution in [2.75, 3.05) is 54.1 Å². The highest BCUT2D eigenvalue weighted by Gasteiger charge is 2.46. The molecule has 2 fully saturated rings. The van der Waals surface area contributed by atoms with Crippen molar-refractivity contribution in [1.29, 1.82) is 0 Å². The number of pyridine rings is 1. The highest BCUT2D eigenvalue weighted by Crippen LogP contribution is 2.39. The van der Waals surface area contributed by atoms with Gasteiger partial charge in [0.05, 0.1) is 37.5 Å². The molecule has 0 bridgehead atoms. The molecule has 5 heterocycles. The second-order valence-electron chi connectivity index (χ2n) is 14.2. The number of benzene rings is 2. The molecule has 0 saturated carbocycles. The Morgan fingerprint density at radius 3 is 2.33 bits per heavy atom. The van der Waals surface area contributed by atoms with Gasteiger partial charge in [-0.15, -0.1) is 0 Å². The number of carbonyl (C=O) groups is 5. The highest BCUT2D eigenvalue weighted by atomic mass is 32.2. The van der Waals surface area contributed by atoms with Crippen LogP contribution in [0, 0.1) is 0 Å². The van der Waals surface area contributed by atoms with Crippen LogP contribution in [0.25, 0.3) is 11.1 Å². The van der Waals surface area contributed by atoms with Gasteiger partial charge >= 0.3 is 6.03 Å². The Morgan fingerprint density at radius 1 is 0.947 bits per heavy atom. The van der Waals surface area contributed by atoms with E-state index in [4.69, 9.17) is 14.2 Å². The van der Waals surface area contributed by atoms with E-state index in [-0.39, 0.29) is 74.1 Å². The number of fused-ring (bicyclic) bond motifs is 2. The molecule has 7 rings (SSSR count). The lowest BCUT2D eigenvalue weighted by Crippen LogP contribution is -2.57. The first kappa shape index (κ1) is 39.4. The van der Waals surface area contributed by atoms with E-state index in [0.717, 1.165) is 27.2 Å². The summed E-state index contributed by atoms with van der Waals surface area (Å²) in [6.07, 6.45) is 2.27. The van der Waals surface area contributed by atoms with Crippen LogP contribution in [0.4, 0.5) is 4.79 Å². The van der Waals surface area contributed by atoms with Gasteiger partial charge < -0.3 is 29.0 Å². The summed E-state index contributed by atoms with van der Waals surface area (Å²) >= 11 is 0. The molecule has 1 atom stereocenters. The largest absolute Gasteiger partial charge is 0.496 e. The highest BCUT2D eigenvalue weighted by molar-refractivity contribution is 7.90. The Labute approximate surface area is 328 Å². The standard InChI is InChI=1S/C38H43N7O11S/c1-39-38(51)44-12-10-23-25(18-42(2)35(48)26(23)20-44)21-14-30(54-3)27(31(15-21)55-4)19-43-16-22(17-43)57(52,53)40-11-13-56-29-7-5-6-24-33(29)37(50)45(36(24)49)28-8-9-32(46)41-34(28)47/h5-7,14-15,18,22,28,40H,8-13,16-17,19-20H2,1-4H3,(H,39,51)(H,41,46,47). The molecule has 2 saturated heterocycles. The number of piperidine rings is 1. The molecule has 3 aromatic rings. The van der Waals surface area contributed by atoms with Gasteiger partial charge in [0.25, 0.3) is 17.4 Å². The summed E-state index contributed by atoms with van der Waals surface area (Å²) in [4.78, 5) is 80.3. The average Bonchev–Trinajstić information content (AvgIpc) is 3.44. The second kappa shape index (κ2) is 15.6. The molecule has 4 aliphatic rings. The molecule has 3 N–H and O–H groups in total. The van der Waals surface area contributed by atoms with Crippen LogP contribution in [-0.2, 0) is 46.2 Å². The van der Waals surface area contributed by atoms with E-state index >= 15 is 0 Å². The molecule has 19 heteroatoms. The monoisotopic (exact) mass is 805 g/mol. The number of ether oxygens (including phenoxy) is 3. The van der Waals surface area contributed by atoms with Crippen molar-refractivity contribution in [3.8, 4) is 28.4 Å². The number of hydrogen-bond acceptors (Lipinski definition) is 12. The molecule has 2 aromatic carbocycles. The number of nitrogens with one attached hydrogen (secondary N) is 3. The number of aromatic nitrogens is 1. The lowest BCUT2D eigenvalue weighted by atomic mass is 9.91. The third-order valence-electron chi connectivity index (χ3n) is 10.8. The van der Waals surface area contributed by atoms with Gasteiger partial charge in [-0.1, -0.05) is 6.07 Å². The first-order chi connectivity index (χ1) is 27.3. The lowest BCUT2D eigenvalue weighted by Gasteiger charge is -2.39. The fourth-order valence-electron chi connectivity index (χ4n) is 7.81. The number of hydrogen-bond donors (Lipinski definition) is 3. The smallest absolute Gasteiger partial charge is 0.317 e. The van der Waals surface area contributed by atoms with Crippen molar-refractivity contribution in [2.45, 2.75) is 43.6 Å². The van der Waals surface area contributed by atoms with Gasteiger partial charge in [0.1, 0.15) is 35.1 Å². The van der Waals surface area contributed by atoms with Crippen LogP contribution in [0.1, 0.15) is 50.2 Å². The normalized spacial score (nSPS) is 18.5. The Morgan fingerprint density at radius 2 is 1.67 bits per heavy atom. The zero-order valence-corrected chi connectivity index (χ0v) is 32.7. The van der Waals surface area contributed by atoms with E-state index in [1.165, 1.54) is 22.8 Å². The zero-order chi connectivity index (χ0) is 40.8. The van der Waals surface area contributed by atoms with Crippen LogP contribution in [0.2, 0.25) is 0 Å². The first-order valence-corrected chi connectivity index (χ1v) is 19.9.